The van der Waals surface area contributed by atoms with Crippen molar-refractivity contribution in [2.24, 2.45) is 17.1 Å². The molecule has 0 heterocycles. The Kier molecular flexibility index (Phi) is 6.01. The maximum atomic E-state index is 6.14. The van der Waals surface area contributed by atoms with E-state index in [0.717, 1.165) is 13.0 Å². The van der Waals surface area contributed by atoms with Crippen LogP contribution in [0.1, 0.15) is 34.1 Å². The monoisotopic (exact) mass is 204 g/mol. The highest BCUT2D eigenvalue weighted by Crippen LogP contribution is 2.27. The van der Waals surface area contributed by atoms with Gasteiger partial charge in [-0.3, -0.25) is 4.72 Å². The van der Waals surface area contributed by atoms with E-state index in [2.05, 4.69) is 38.7 Å². The number of hydrogen-bond acceptors (Lipinski definition) is 3. The van der Waals surface area contributed by atoms with Gasteiger partial charge < -0.3 is 5.73 Å². The fraction of sp³-hybridized carbons (Fsp3) is 1.00. The first-order chi connectivity index (χ1) is 5.91. The summed E-state index contributed by atoms with van der Waals surface area (Å²) >= 11 is 1.67. The molecule has 80 valence electrons. The lowest BCUT2D eigenvalue weighted by Gasteiger charge is -2.34. The zero-order valence-electron chi connectivity index (χ0n) is 9.55. The number of hydrogen-bond donors (Lipinski definition) is 2. The van der Waals surface area contributed by atoms with Crippen molar-refractivity contribution < 1.29 is 0 Å². The first-order valence-corrected chi connectivity index (χ1v) is 6.15. The Labute approximate surface area is 87.2 Å². The first-order valence-electron chi connectivity index (χ1n) is 4.93. The molecule has 0 fully saturated rings. The molecule has 0 radical (unpaired) electrons. The maximum absolute atomic E-state index is 6.14. The molecular weight excluding hydrogens is 180 g/mol. The van der Waals surface area contributed by atoms with Crippen LogP contribution in [-0.2, 0) is 0 Å². The maximum Gasteiger partial charge on any atom is 0.0114 e. The quantitative estimate of drug-likeness (QED) is 0.515. The zero-order chi connectivity index (χ0) is 10.5. The molecule has 0 saturated carbocycles. The van der Waals surface area contributed by atoms with E-state index in [0.29, 0.717) is 5.92 Å². The lowest BCUT2D eigenvalue weighted by molar-refractivity contribution is 0.218. The van der Waals surface area contributed by atoms with Gasteiger partial charge >= 0.3 is 0 Å². The van der Waals surface area contributed by atoms with Gasteiger partial charge in [-0.25, -0.2) is 0 Å². The van der Waals surface area contributed by atoms with E-state index in [-0.39, 0.29) is 11.5 Å². The third kappa shape index (κ3) is 4.89. The van der Waals surface area contributed by atoms with Gasteiger partial charge in [0.15, 0.2) is 0 Å². The second-order valence-electron chi connectivity index (χ2n) is 4.61. The summed E-state index contributed by atoms with van der Waals surface area (Å²) in [5.74, 6) is 0.560. The van der Waals surface area contributed by atoms with Crippen LogP contribution < -0.4 is 10.5 Å². The molecule has 2 nitrogen and oxygen atoms in total. The summed E-state index contributed by atoms with van der Waals surface area (Å²) < 4.78 is 3.26. The van der Waals surface area contributed by atoms with Crippen molar-refractivity contribution in [1.82, 2.24) is 4.72 Å². The minimum absolute atomic E-state index is 0.233. The summed E-state index contributed by atoms with van der Waals surface area (Å²) in [5, 5.41) is 0. The van der Waals surface area contributed by atoms with Gasteiger partial charge in [0.05, 0.1) is 0 Å². The fourth-order valence-corrected chi connectivity index (χ4v) is 1.85. The van der Waals surface area contributed by atoms with Crippen LogP contribution in [0.3, 0.4) is 0 Å². The molecular formula is C10H24N2S. The van der Waals surface area contributed by atoms with Gasteiger partial charge in [0.1, 0.15) is 0 Å². The van der Waals surface area contributed by atoms with Crippen molar-refractivity contribution in [2.75, 3.05) is 12.8 Å². The average molecular weight is 204 g/mol. The van der Waals surface area contributed by atoms with Gasteiger partial charge in [0, 0.05) is 12.6 Å². The predicted molar refractivity (Wildman–Crippen MR) is 62.7 cm³/mol. The Morgan fingerprint density at radius 1 is 1.38 bits per heavy atom. The van der Waals surface area contributed by atoms with E-state index in [1.54, 1.807) is 11.9 Å². The van der Waals surface area contributed by atoms with Crippen molar-refractivity contribution in [3.8, 4) is 0 Å². The van der Waals surface area contributed by atoms with Gasteiger partial charge in [0.2, 0.25) is 0 Å². The zero-order valence-corrected chi connectivity index (χ0v) is 10.4. The summed E-state index contributed by atoms with van der Waals surface area (Å²) in [7, 11) is 0. The molecule has 0 rings (SSSR count). The van der Waals surface area contributed by atoms with E-state index in [4.69, 9.17) is 5.73 Å². The third-order valence-corrected chi connectivity index (χ3v) is 3.13. The van der Waals surface area contributed by atoms with Crippen LogP contribution in [0.15, 0.2) is 0 Å². The Hall–Kier alpha value is 0.270. The SMILES string of the molecule is CSNCCC(C)(C)C(N)C(C)C. The molecule has 3 heteroatoms. The fourth-order valence-electron chi connectivity index (χ4n) is 1.54. The van der Waals surface area contributed by atoms with Gasteiger partial charge in [-0.15, -0.1) is 0 Å². The number of nitrogens with two attached hydrogens (primary N) is 1. The van der Waals surface area contributed by atoms with Crippen LogP contribution in [0, 0.1) is 11.3 Å². The van der Waals surface area contributed by atoms with Crippen LogP contribution in [0.4, 0.5) is 0 Å². The van der Waals surface area contributed by atoms with Crippen molar-refractivity contribution in [3.63, 3.8) is 0 Å². The standard InChI is InChI=1S/C10H24N2S/c1-8(2)9(11)10(3,4)6-7-12-13-5/h8-9,12H,6-7,11H2,1-5H3. The van der Waals surface area contributed by atoms with E-state index >= 15 is 0 Å². The first kappa shape index (κ1) is 13.3. The van der Waals surface area contributed by atoms with Gasteiger partial charge in [-0.05, 0) is 24.0 Å². The molecule has 0 bridgehead atoms. The van der Waals surface area contributed by atoms with Gasteiger partial charge in [-0.1, -0.05) is 39.6 Å². The molecule has 13 heavy (non-hydrogen) atoms. The lowest BCUT2D eigenvalue weighted by atomic mass is 9.77. The highest BCUT2D eigenvalue weighted by Gasteiger charge is 2.27. The molecule has 1 unspecified atom stereocenters. The molecule has 0 aromatic heterocycles. The summed E-state index contributed by atoms with van der Waals surface area (Å²) in [4.78, 5) is 0. The second-order valence-corrected chi connectivity index (χ2v) is 5.30. The molecule has 0 aliphatic carbocycles. The van der Waals surface area contributed by atoms with E-state index in [1.807, 2.05) is 0 Å². The average Bonchev–Trinajstić information content (AvgIpc) is 2.03. The van der Waals surface area contributed by atoms with Crippen molar-refractivity contribution in [1.29, 1.82) is 0 Å². The number of nitrogens with one attached hydrogen (secondary N) is 1. The topological polar surface area (TPSA) is 38.0 Å². The van der Waals surface area contributed by atoms with Crippen molar-refractivity contribution in [3.05, 3.63) is 0 Å². The minimum atomic E-state index is 0.233. The molecule has 0 aromatic carbocycles. The largest absolute Gasteiger partial charge is 0.327 e. The van der Waals surface area contributed by atoms with Crippen LogP contribution in [-0.4, -0.2) is 18.8 Å². The Morgan fingerprint density at radius 2 is 1.92 bits per heavy atom. The third-order valence-electron chi connectivity index (χ3n) is 2.64. The second kappa shape index (κ2) is 5.89. The van der Waals surface area contributed by atoms with Crippen LogP contribution in [0.2, 0.25) is 0 Å². The van der Waals surface area contributed by atoms with E-state index < -0.39 is 0 Å². The lowest BCUT2D eigenvalue weighted by Crippen LogP contribution is -2.42. The van der Waals surface area contributed by atoms with E-state index in [1.165, 1.54) is 0 Å². The smallest absolute Gasteiger partial charge is 0.0114 e. The molecule has 0 spiro atoms. The van der Waals surface area contributed by atoms with Crippen molar-refractivity contribution in [2.45, 2.75) is 40.2 Å². The molecule has 3 N–H and O–H groups in total. The minimum Gasteiger partial charge on any atom is -0.327 e. The molecule has 0 saturated heterocycles. The predicted octanol–water partition coefficient (Wildman–Crippen LogP) is 2.25. The molecule has 1 atom stereocenters. The van der Waals surface area contributed by atoms with Crippen molar-refractivity contribution >= 4 is 11.9 Å². The summed E-state index contributed by atoms with van der Waals surface area (Å²) in [6.45, 7) is 9.91. The Bertz CT molecular complexity index is 135. The van der Waals surface area contributed by atoms with Crippen LogP contribution in [0.25, 0.3) is 0 Å². The highest BCUT2D eigenvalue weighted by atomic mass is 32.2. The molecule has 0 aliphatic rings. The normalized spacial score (nSPS) is 15.0. The van der Waals surface area contributed by atoms with Crippen LogP contribution in [0.5, 0.6) is 0 Å². The van der Waals surface area contributed by atoms with Gasteiger partial charge in [-0.2, -0.15) is 0 Å². The Morgan fingerprint density at radius 3 is 2.31 bits per heavy atom. The highest BCUT2D eigenvalue weighted by molar-refractivity contribution is 7.96. The Balaban J connectivity index is 3.91. The van der Waals surface area contributed by atoms with Crippen LogP contribution >= 0.6 is 11.9 Å². The van der Waals surface area contributed by atoms with Gasteiger partial charge in [0.25, 0.3) is 0 Å². The molecule has 0 amide bonds. The summed E-state index contributed by atoms with van der Waals surface area (Å²) in [6.07, 6.45) is 3.18. The number of rotatable bonds is 6. The summed E-state index contributed by atoms with van der Waals surface area (Å²) in [5.41, 5.74) is 6.37. The molecule has 0 aromatic rings. The van der Waals surface area contributed by atoms with E-state index in [9.17, 15) is 0 Å². The summed E-state index contributed by atoms with van der Waals surface area (Å²) in [6, 6.07) is 0.288. The molecule has 0 aliphatic heterocycles.